The Balaban J connectivity index is 1.30. The maximum Gasteiger partial charge on any atom is 0.225 e. The van der Waals surface area contributed by atoms with Crippen LogP contribution in [0.3, 0.4) is 0 Å². The molecule has 0 radical (unpaired) electrons. The van der Waals surface area contributed by atoms with Gasteiger partial charge in [0.2, 0.25) is 5.78 Å². The lowest BCUT2D eigenvalue weighted by molar-refractivity contribution is 0.103. The fourth-order valence-corrected chi connectivity index (χ4v) is 4.58. The summed E-state index contributed by atoms with van der Waals surface area (Å²) in [6, 6.07) is 32.1. The van der Waals surface area contributed by atoms with Crippen LogP contribution in [0.25, 0.3) is 44.1 Å². The lowest BCUT2D eigenvalue weighted by Gasteiger charge is -2.04. The van der Waals surface area contributed by atoms with Crippen molar-refractivity contribution < 1.29 is 14.3 Å². The third-order valence-electron chi connectivity index (χ3n) is 6.58. The average Bonchev–Trinajstić information content (AvgIpc) is 3.56. The Hall–Kier alpha value is -4.77. The van der Waals surface area contributed by atoms with Crippen LogP contribution >= 0.6 is 0 Å². The highest BCUT2D eigenvalue weighted by Gasteiger charge is 2.16. The molecule has 0 aliphatic heterocycles. The fourth-order valence-electron chi connectivity index (χ4n) is 4.58. The summed E-state index contributed by atoms with van der Waals surface area (Å²) in [4.78, 5) is 19.9. The van der Waals surface area contributed by atoms with E-state index in [0.717, 1.165) is 55.6 Å². The van der Waals surface area contributed by atoms with Crippen LogP contribution in [0.4, 0.5) is 0 Å². The van der Waals surface area contributed by atoms with Gasteiger partial charge in [0, 0.05) is 21.8 Å². The van der Waals surface area contributed by atoms with Gasteiger partial charge in [-0.2, -0.15) is 0 Å². The summed E-state index contributed by atoms with van der Waals surface area (Å²) >= 11 is 0. The molecule has 2 N–H and O–H groups in total. The van der Waals surface area contributed by atoms with Crippen molar-refractivity contribution in [3.05, 3.63) is 108 Å². The monoisotopic (exact) mass is 472 g/mol. The second-order valence-electron chi connectivity index (χ2n) is 8.76. The Kier molecular flexibility index (Phi) is 5.30. The Morgan fingerprint density at radius 3 is 1.31 bits per heavy atom. The Bertz CT molecular complexity index is 1580. The number of nitrogens with one attached hydrogen (secondary N) is 2. The Morgan fingerprint density at radius 1 is 0.528 bits per heavy atom. The van der Waals surface area contributed by atoms with Crippen molar-refractivity contribution >= 4 is 27.6 Å². The summed E-state index contributed by atoms with van der Waals surface area (Å²) in [6.45, 7) is 0. The molecule has 0 aliphatic rings. The minimum Gasteiger partial charge on any atom is -0.497 e. The van der Waals surface area contributed by atoms with Gasteiger partial charge in [0.25, 0.3) is 0 Å². The van der Waals surface area contributed by atoms with E-state index in [9.17, 15) is 4.79 Å². The summed E-state index contributed by atoms with van der Waals surface area (Å²) in [7, 11) is 3.32. The number of ether oxygens (including phenoxy) is 2. The van der Waals surface area contributed by atoms with Gasteiger partial charge in [-0.1, -0.05) is 36.4 Å². The molecule has 0 bridgehead atoms. The first-order valence-corrected chi connectivity index (χ1v) is 11.7. The number of hydrogen-bond acceptors (Lipinski definition) is 3. The molecule has 0 spiro atoms. The number of aromatic amines is 2. The van der Waals surface area contributed by atoms with Gasteiger partial charge in [-0.05, 0) is 82.9 Å². The van der Waals surface area contributed by atoms with E-state index in [0.29, 0.717) is 11.4 Å². The van der Waals surface area contributed by atoms with E-state index in [1.807, 2.05) is 72.8 Å². The zero-order valence-corrected chi connectivity index (χ0v) is 20.0. The van der Waals surface area contributed by atoms with E-state index < -0.39 is 0 Å². The number of H-pyrrole nitrogens is 2. The van der Waals surface area contributed by atoms with Crippen molar-refractivity contribution in [2.45, 2.75) is 0 Å². The number of ketones is 1. The molecule has 0 saturated carbocycles. The minimum atomic E-state index is -0.0700. The normalized spacial score (nSPS) is 11.2. The third kappa shape index (κ3) is 3.91. The predicted molar refractivity (Wildman–Crippen MR) is 144 cm³/mol. The second-order valence-corrected chi connectivity index (χ2v) is 8.76. The molecule has 4 aromatic carbocycles. The van der Waals surface area contributed by atoms with Crippen molar-refractivity contribution in [2.75, 3.05) is 14.2 Å². The van der Waals surface area contributed by atoms with Crippen LogP contribution < -0.4 is 9.47 Å². The van der Waals surface area contributed by atoms with Crippen molar-refractivity contribution in [1.29, 1.82) is 0 Å². The second kappa shape index (κ2) is 8.78. The molecule has 5 heteroatoms. The number of carbonyl (C=O) groups excluding carboxylic acids is 1. The summed E-state index contributed by atoms with van der Waals surface area (Å²) in [5.74, 6) is 1.58. The minimum absolute atomic E-state index is 0.0700. The highest BCUT2D eigenvalue weighted by Crippen LogP contribution is 2.29. The van der Waals surface area contributed by atoms with Crippen LogP contribution in [0, 0.1) is 0 Å². The van der Waals surface area contributed by atoms with Crippen molar-refractivity contribution in [3.63, 3.8) is 0 Å². The zero-order valence-electron chi connectivity index (χ0n) is 20.0. The molecule has 6 rings (SSSR count). The Morgan fingerprint density at radius 2 is 0.917 bits per heavy atom. The molecule has 2 aromatic heterocycles. The molecule has 0 fully saturated rings. The summed E-state index contributed by atoms with van der Waals surface area (Å²) in [5.41, 5.74) is 7.31. The van der Waals surface area contributed by atoms with E-state index in [1.165, 1.54) is 0 Å². The van der Waals surface area contributed by atoms with Crippen molar-refractivity contribution in [2.24, 2.45) is 0 Å². The molecule has 36 heavy (non-hydrogen) atoms. The van der Waals surface area contributed by atoms with Gasteiger partial charge in [-0.15, -0.1) is 0 Å². The summed E-state index contributed by atoms with van der Waals surface area (Å²) in [5, 5.41) is 1.98. The van der Waals surface area contributed by atoms with Gasteiger partial charge in [0.15, 0.2) is 0 Å². The highest BCUT2D eigenvalue weighted by molar-refractivity contribution is 6.11. The summed E-state index contributed by atoms with van der Waals surface area (Å²) < 4.78 is 10.5. The maximum atomic E-state index is 13.3. The summed E-state index contributed by atoms with van der Waals surface area (Å²) in [6.07, 6.45) is 0. The maximum absolute atomic E-state index is 13.3. The molecule has 2 heterocycles. The number of hydrogen-bond donors (Lipinski definition) is 2. The number of benzene rings is 4. The van der Waals surface area contributed by atoms with Gasteiger partial charge < -0.3 is 19.4 Å². The quantitative estimate of drug-likeness (QED) is 0.251. The zero-order chi connectivity index (χ0) is 24.6. The van der Waals surface area contributed by atoms with E-state index in [2.05, 4.69) is 34.2 Å². The number of carbonyl (C=O) groups is 1. The molecule has 0 atom stereocenters. The molecule has 0 unspecified atom stereocenters. The van der Waals surface area contributed by atoms with E-state index in [1.54, 1.807) is 14.2 Å². The van der Waals surface area contributed by atoms with E-state index >= 15 is 0 Å². The number of rotatable bonds is 6. The lowest BCUT2D eigenvalue weighted by atomic mass is 10.0. The van der Waals surface area contributed by atoms with Crippen molar-refractivity contribution in [1.82, 2.24) is 9.97 Å². The average molecular weight is 473 g/mol. The Labute approximate surface area is 208 Å². The molecule has 0 aliphatic carbocycles. The van der Waals surface area contributed by atoms with Crippen LogP contribution in [-0.4, -0.2) is 30.0 Å². The molecular weight excluding hydrogens is 448 g/mol. The van der Waals surface area contributed by atoms with Crippen LogP contribution in [0.1, 0.15) is 16.2 Å². The van der Waals surface area contributed by atoms with E-state index in [-0.39, 0.29) is 5.78 Å². The largest absolute Gasteiger partial charge is 0.497 e. The molecular formula is C31H24N2O3. The fraction of sp³-hybridized carbons (Fsp3) is 0.0645. The first kappa shape index (κ1) is 21.7. The van der Waals surface area contributed by atoms with Gasteiger partial charge in [0.05, 0.1) is 25.6 Å². The van der Waals surface area contributed by atoms with Gasteiger partial charge in [0.1, 0.15) is 11.5 Å². The first-order chi connectivity index (χ1) is 17.6. The number of aromatic nitrogens is 2. The van der Waals surface area contributed by atoms with Crippen LogP contribution in [-0.2, 0) is 0 Å². The van der Waals surface area contributed by atoms with Crippen LogP contribution in [0.2, 0.25) is 0 Å². The van der Waals surface area contributed by atoms with Gasteiger partial charge >= 0.3 is 0 Å². The SMILES string of the molecule is COc1ccc(-c2ccc3[nH]c(C(=O)c4cc5cc(-c6ccc(OC)cc6)ccc5[nH]4)cc3c2)cc1. The lowest BCUT2D eigenvalue weighted by Crippen LogP contribution is -2.01. The highest BCUT2D eigenvalue weighted by atomic mass is 16.5. The van der Waals surface area contributed by atoms with Crippen LogP contribution in [0.5, 0.6) is 11.5 Å². The van der Waals surface area contributed by atoms with Crippen LogP contribution in [0.15, 0.2) is 97.1 Å². The first-order valence-electron chi connectivity index (χ1n) is 11.7. The molecule has 6 aromatic rings. The van der Waals surface area contributed by atoms with Crippen molar-refractivity contribution in [3.8, 4) is 33.8 Å². The number of fused-ring (bicyclic) bond motifs is 2. The number of methoxy groups -OCH3 is 2. The molecule has 5 nitrogen and oxygen atoms in total. The van der Waals surface area contributed by atoms with Gasteiger partial charge in [-0.3, -0.25) is 4.79 Å². The molecule has 0 saturated heterocycles. The smallest absolute Gasteiger partial charge is 0.225 e. The predicted octanol–water partition coefficient (Wildman–Crippen LogP) is 7.23. The molecule has 0 amide bonds. The standard InChI is InChI=1S/C31H24N2O3/c1-35-25-9-3-19(4-10-25)21-7-13-27-23(15-21)17-29(32-27)31(34)30-18-24-16-22(8-14-28(24)33-30)20-5-11-26(36-2)12-6-20/h3-18,32-33H,1-2H3. The van der Waals surface area contributed by atoms with E-state index in [4.69, 9.17) is 9.47 Å². The molecule has 176 valence electrons. The third-order valence-corrected chi connectivity index (χ3v) is 6.58. The van der Waals surface area contributed by atoms with Gasteiger partial charge in [-0.25, -0.2) is 0 Å². The topological polar surface area (TPSA) is 67.1 Å².